The van der Waals surface area contributed by atoms with Gasteiger partial charge in [-0.25, -0.2) is 4.79 Å². The molecule has 3 nitrogen and oxygen atoms in total. The van der Waals surface area contributed by atoms with Gasteiger partial charge >= 0.3 is 5.97 Å². The van der Waals surface area contributed by atoms with Gasteiger partial charge in [-0.15, -0.1) is 0 Å². The fourth-order valence-electron chi connectivity index (χ4n) is 1.67. The van der Waals surface area contributed by atoms with E-state index < -0.39 is 5.97 Å². The normalized spacial score (nSPS) is 12.5. The van der Waals surface area contributed by atoms with Crippen LogP contribution in [0, 0.1) is 11.3 Å². The molecule has 0 amide bonds. The van der Waals surface area contributed by atoms with Gasteiger partial charge in [0, 0.05) is 12.2 Å². The number of aliphatic carboxylic acids is 1. The number of hydrogen-bond donors (Lipinski definition) is 1. The molecule has 1 aromatic carbocycles. The van der Waals surface area contributed by atoms with Crippen molar-refractivity contribution in [2.45, 2.75) is 0 Å². The molecule has 0 fully saturated rings. The summed E-state index contributed by atoms with van der Waals surface area (Å²) in [7, 11) is 0. The molecule has 0 atom stereocenters. The van der Waals surface area contributed by atoms with Crippen LogP contribution < -0.4 is 0 Å². The predicted molar refractivity (Wildman–Crippen MR) is 84.2 cm³/mol. The van der Waals surface area contributed by atoms with E-state index in [9.17, 15) is 4.79 Å². The highest BCUT2D eigenvalue weighted by Crippen LogP contribution is 2.22. The smallest absolute Gasteiger partial charge is 0.328 e. The zero-order valence-electron chi connectivity index (χ0n) is 11.4. The Morgan fingerprint density at radius 3 is 2.43 bits per heavy atom. The number of nitriles is 1. The maximum atomic E-state index is 10.8. The Morgan fingerprint density at radius 1 is 1.14 bits per heavy atom. The number of carbonyl (C=O) groups is 1. The minimum atomic E-state index is -1.03. The second-order valence-corrected chi connectivity index (χ2v) is 3.96. The van der Waals surface area contributed by atoms with Crippen molar-refractivity contribution >= 4 is 11.5 Å². The van der Waals surface area contributed by atoms with Gasteiger partial charge in [0.15, 0.2) is 0 Å². The summed E-state index contributed by atoms with van der Waals surface area (Å²) in [6.45, 7) is 3.61. The van der Waals surface area contributed by atoms with Crippen LogP contribution >= 0.6 is 0 Å². The summed E-state index contributed by atoms with van der Waals surface area (Å²) in [6.07, 6.45) is 10.7. The van der Waals surface area contributed by atoms with Crippen molar-refractivity contribution in [3.8, 4) is 6.07 Å². The average molecular weight is 277 g/mol. The quantitative estimate of drug-likeness (QED) is 0.487. The minimum absolute atomic E-state index is 0.711. The lowest BCUT2D eigenvalue weighted by Crippen LogP contribution is -1.90. The summed E-state index contributed by atoms with van der Waals surface area (Å²) >= 11 is 0. The van der Waals surface area contributed by atoms with E-state index in [-0.39, 0.29) is 0 Å². The Morgan fingerprint density at radius 2 is 1.86 bits per heavy atom. The summed E-state index contributed by atoms with van der Waals surface area (Å²) in [5.41, 5.74) is 2.30. The molecule has 0 aliphatic carbocycles. The topological polar surface area (TPSA) is 61.1 Å². The molecule has 0 unspecified atom stereocenters. The fourth-order valence-corrected chi connectivity index (χ4v) is 1.67. The van der Waals surface area contributed by atoms with E-state index in [0.29, 0.717) is 5.57 Å². The third-order valence-electron chi connectivity index (χ3n) is 2.54. The first kappa shape index (κ1) is 15.9. The molecule has 1 aromatic rings. The van der Waals surface area contributed by atoms with Crippen LogP contribution in [0.25, 0.3) is 5.57 Å². The summed E-state index contributed by atoms with van der Waals surface area (Å²) < 4.78 is 0. The lowest BCUT2D eigenvalue weighted by Gasteiger charge is -2.06. The van der Waals surface area contributed by atoms with Crippen molar-refractivity contribution in [3.05, 3.63) is 90.6 Å². The van der Waals surface area contributed by atoms with E-state index in [1.54, 1.807) is 24.3 Å². The van der Waals surface area contributed by atoms with Crippen LogP contribution in [0.4, 0.5) is 0 Å². The van der Waals surface area contributed by atoms with Gasteiger partial charge in [0.1, 0.15) is 0 Å². The number of benzene rings is 1. The second kappa shape index (κ2) is 8.89. The Kier molecular flexibility index (Phi) is 6.75. The standard InChI is InChI=1S/C18H15NO2/c1-2-3-8-15(11-7-14-19)17(12-13-18(20)21)16-9-5-4-6-10-16/h2-13H,1H2,(H,20,21). The molecule has 0 aliphatic rings. The van der Waals surface area contributed by atoms with Gasteiger partial charge in [-0.3, -0.25) is 0 Å². The summed E-state index contributed by atoms with van der Waals surface area (Å²) in [5, 5.41) is 17.5. The van der Waals surface area contributed by atoms with Crippen molar-refractivity contribution in [1.29, 1.82) is 5.26 Å². The minimum Gasteiger partial charge on any atom is -0.478 e. The van der Waals surface area contributed by atoms with Crippen LogP contribution in [-0.2, 0) is 4.79 Å². The highest BCUT2D eigenvalue weighted by Gasteiger charge is 2.03. The molecule has 21 heavy (non-hydrogen) atoms. The molecule has 0 heterocycles. The molecule has 0 aliphatic heterocycles. The van der Waals surface area contributed by atoms with Crippen LogP contribution in [-0.4, -0.2) is 11.1 Å². The SMILES string of the molecule is C=CC=CC(C=CC#N)=C(C=CC(=O)O)c1ccccc1. The first-order valence-electron chi connectivity index (χ1n) is 6.25. The largest absolute Gasteiger partial charge is 0.478 e. The molecule has 0 spiro atoms. The van der Waals surface area contributed by atoms with Gasteiger partial charge < -0.3 is 5.11 Å². The highest BCUT2D eigenvalue weighted by atomic mass is 16.4. The van der Waals surface area contributed by atoms with E-state index in [0.717, 1.165) is 17.2 Å². The summed E-state index contributed by atoms with van der Waals surface area (Å²) in [6, 6.07) is 11.3. The number of allylic oxidation sites excluding steroid dienone is 8. The molecule has 0 aromatic heterocycles. The van der Waals surface area contributed by atoms with E-state index in [4.69, 9.17) is 10.4 Å². The average Bonchev–Trinajstić information content (AvgIpc) is 2.50. The van der Waals surface area contributed by atoms with E-state index >= 15 is 0 Å². The molecule has 1 rings (SSSR count). The Bertz CT molecular complexity index is 656. The summed E-state index contributed by atoms with van der Waals surface area (Å²) in [5.74, 6) is -1.03. The maximum Gasteiger partial charge on any atom is 0.328 e. The fraction of sp³-hybridized carbons (Fsp3) is 0. The van der Waals surface area contributed by atoms with Crippen molar-refractivity contribution < 1.29 is 9.90 Å². The third-order valence-corrected chi connectivity index (χ3v) is 2.54. The Hall–Kier alpha value is -3.12. The lowest BCUT2D eigenvalue weighted by molar-refractivity contribution is -0.131. The third kappa shape index (κ3) is 5.58. The number of rotatable bonds is 6. The van der Waals surface area contributed by atoms with E-state index in [2.05, 4.69) is 6.58 Å². The molecule has 0 radical (unpaired) electrons. The zero-order valence-corrected chi connectivity index (χ0v) is 11.4. The summed E-state index contributed by atoms with van der Waals surface area (Å²) in [4.78, 5) is 10.8. The molecule has 0 bridgehead atoms. The second-order valence-electron chi connectivity index (χ2n) is 3.96. The van der Waals surface area contributed by atoms with Crippen molar-refractivity contribution in [2.24, 2.45) is 0 Å². The number of hydrogen-bond acceptors (Lipinski definition) is 2. The highest BCUT2D eigenvalue weighted by molar-refractivity contribution is 5.88. The maximum absolute atomic E-state index is 10.8. The van der Waals surface area contributed by atoms with Gasteiger partial charge in [0.25, 0.3) is 0 Å². The van der Waals surface area contributed by atoms with Gasteiger partial charge in [-0.05, 0) is 28.9 Å². The van der Waals surface area contributed by atoms with Crippen molar-refractivity contribution in [1.82, 2.24) is 0 Å². The van der Waals surface area contributed by atoms with Gasteiger partial charge in [-0.1, -0.05) is 55.1 Å². The Labute approximate surface area is 124 Å². The molecular formula is C18H15NO2. The molecule has 3 heteroatoms. The van der Waals surface area contributed by atoms with Crippen LogP contribution in [0.3, 0.4) is 0 Å². The zero-order chi connectivity index (χ0) is 15.5. The van der Waals surface area contributed by atoms with Crippen LogP contribution in [0.15, 0.2) is 85.0 Å². The van der Waals surface area contributed by atoms with Gasteiger partial charge in [0.2, 0.25) is 0 Å². The van der Waals surface area contributed by atoms with Gasteiger partial charge in [0.05, 0.1) is 6.07 Å². The number of carboxylic acids is 1. The molecular weight excluding hydrogens is 262 g/mol. The van der Waals surface area contributed by atoms with Crippen molar-refractivity contribution in [2.75, 3.05) is 0 Å². The van der Waals surface area contributed by atoms with Gasteiger partial charge in [-0.2, -0.15) is 5.26 Å². The number of carboxylic acid groups (broad SMARTS) is 1. The molecule has 0 saturated carbocycles. The monoisotopic (exact) mass is 277 g/mol. The molecule has 104 valence electrons. The lowest BCUT2D eigenvalue weighted by atomic mass is 9.98. The first-order chi connectivity index (χ1) is 10.2. The first-order valence-corrected chi connectivity index (χ1v) is 6.25. The van der Waals surface area contributed by atoms with E-state index in [1.807, 2.05) is 36.4 Å². The number of nitrogens with zero attached hydrogens (tertiary/aromatic N) is 1. The van der Waals surface area contributed by atoms with Crippen LogP contribution in [0.2, 0.25) is 0 Å². The molecule has 1 N–H and O–H groups in total. The van der Waals surface area contributed by atoms with Crippen LogP contribution in [0.5, 0.6) is 0 Å². The van der Waals surface area contributed by atoms with E-state index in [1.165, 1.54) is 12.2 Å². The predicted octanol–water partition coefficient (Wildman–Crippen LogP) is 3.90. The molecule has 0 saturated heterocycles. The van der Waals surface area contributed by atoms with Crippen LogP contribution in [0.1, 0.15) is 5.56 Å². The van der Waals surface area contributed by atoms with Crippen molar-refractivity contribution in [3.63, 3.8) is 0 Å². The Balaban J connectivity index is 3.47.